The fraction of sp³-hybridized carbons (Fsp3) is 0.538. The maximum absolute atomic E-state index is 11.3. The molecule has 1 aromatic heterocycles. The van der Waals surface area contributed by atoms with E-state index < -0.39 is 0 Å². The van der Waals surface area contributed by atoms with Crippen molar-refractivity contribution < 1.29 is 4.79 Å². The van der Waals surface area contributed by atoms with Gasteiger partial charge in [0.15, 0.2) is 0 Å². The van der Waals surface area contributed by atoms with Crippen LogP contribution in [0.5, 0.6) is 0 Å². The largest absolute Gasteiger partial charge is 0.353 e. The Morgan fingerprint density at radius 2 is 2.06 bits per heavy atom. The maximum Gasteiger partial charge on any atom is 0.219 e. The first kappa shape index (κ1) is 12.8. The van der Waals surface area contributed by atoms with E-state index >= 15 is 0 Å². The molecule has 1 aliphatic heterocycles. The second-order valence-electron chi connectivity index (χ2n) is 4.70. The second kappa shape index (κ2) is 5.35. The summed E-state index contributed by atoms with van der Waals surface area (Å²) in [5, 5.41) is 0. The summed E-state index contributed by atoms with van der Waals surface area (Å²) in [6.45, 7) is 6.72. The molecule has 0 radical (unpaired) electrons. The number of hydrogen-bond acceptors (Lipinski definition) is 4. The van der Waals surface area contributed by atoms with Crippen LogP contribution < -0.4 is 10.6 Å². The highest BCUT2D eigenvalue weighted by molar-refractivity contribution is 5.73. The fourth-order valence-electron chi connectivity index (χ4n) is 2.26. The van der Waals surface area contributed by atoms with Gasteiger partial charge < -0.3 is 15.5 Å². The standard InChI is InChI=1S/C13H20N4O/c1-10(14)12-4-3-5-15-13(12)17-8-6-16(7-9-17)11(2)18/h3-5,10H,6-9,14H2,1-2H3. The van der Waals surface area contributed by atoms with Crippen LogP contribution in [-0.2, 0) is 4.79 Å². The molecule has 5 heteroatoms. The van der Waals surface area contributed by atoms with Crippen molar-refractivity contribution >= 4 is 11.7 Å². The van der Waals surface area contributed by atoms with Crippen LogP contribution in [0.1, 0.15) is 25.5 Å². The highest BCUT2D eigenvalue weighted by atomic mass is 16.2. The SMILES string of the molecule is CC(=O)N1CCN(c2ncccc2C(C)N)CC1. The highest BCUT2D eigenvalue weighted by Crippen LogP contribution is 2.23. The smallest absolute Gasteiger partial charge is 0.219 e. The van der Waals surface area contributed by atoms with Crippen molar-refractivity contribution in [2.45, 2.75) is 19.9 Å². The van der Waals surface area contributed by atoms with Gasteiger partial charge in [-0.2, -0.15) is 0 Å². The zero-order valence-electron chi connectivity index (χ0n) is 11.0. The van der Waals surface area contributed by atoms with E-state index in [9.17, 15) is 4.79 Å². The van der Waals surface area contributed by atoms with E-state index in [1.165, 1.54) is 0 Å². The molecule has 1 fully saturated rings. The third-order valence-corrected chi connectivity index (χ3v) is 3.33. The molecular weight excluding hydrogens is 228 g/mol. The van der Waals surface area contributed by atoms with Crippen LogP contribution in [-0.4, -0.2) is 42.0 Å². The van der Waals surface area contributed by atoms with Crippen molar-refractivity contribution in [1.29, 1.82) is 0 Å². The van der Waals surface area contributed by atoms with Gasteiger partial charge in [0.2, 0.25) is 5.91 Å². The number of aromatic nitrogens is 1. The lowest BCUT2D eigenvalue weighted by molar-refractivity contribution is -0.129. The first-order valence-electron chi connectivity index (χ1n) is 6.30. The van der Waals surface area contributed by atoms with E-state index in [-0.39, 0.29) is 11.9 Å². The quantitative estimate of drug-likeness (QED) is 0.839. The van der Waals surface area contributed by atoms with Crippen LogP contribution in [0.25, 0.3) is 0 Å². The first-order chi connectivity index (χ1) is 8.59. The number of piperazine rings is 1. The van der Waals surface area contributed by atoms with E-state index in [4.69, 9.17) is 5.73 Å². The van der Waals surface area contributed by atoms with Gasteiger partial charge in [0.1, 0.15) is 5.82 Å². The zero-order valence-corrected chi connectivity index (χ0v) is 11.0. The molecule has 18 heavy (non-hydrogen) atoms. The van der Waals surface area contributed by atoms with Crippen molar-refractivity contribution in [3.8, 4) is 0 Å². The lowest BCUT2D eigenvalue weighted by atomic mass is 10.1. The molecule has 98 valence electrons. The normalized spacial score (nSPS) is 17.7. The summed E-state index contributed by atoms with van der Waals surface area (Å²) in [5.74, 6) is 1.10. The molecule has 0 spiro atoms. The van der Waals surface area contributed by atoms with Gasteiger partial charge in [0.25, 0.3) is 0 Å². The third-order valence-electron chi connectivity index (χ3n) is 3.33. The van der Waals surface area contributed by atoms with Crippen molar-refractivity contribution in [1.82, 2.24) is 9.88 Å². The molecule has 1 unspecified atom stereocenters. The Kier molecular flexibility index (Phi) is 3.81. The van der Waals surface area contributed by atoms with Crippen LogP contribution in [0.2, 0.25) is 0 Å². The average molecular weight is 248 g/mol. The summed E-state index contributed by atoms with van der Waals surface area (Å²) in [6.07, 6.45) is 1.79. The van der Waals surface area contributed by atoms with E-state index in [0.717, 1.165) is 37.6 Å². The highest BCUT2D eigenvalue weighted by Gasteiger charge is 2.21. The monoisotopic (exact) mass is 248 g/mol. The van der Waals surface area contributed by atoms with Crippen molar-refractivity contribution in [2.75, 3.05) is 31.1 Å². The number of carbonyl (C=O) groups excluding carboxylic acids is 1. The van der Waals surface area contributed by atoms with Gasteiger partial charge in [-0.25, -0.2) is 4.98 Å². The Morgan fingerprint density at radius 3 is 2.61 bits per heavy atom. The van der Waals surface area contributed by atoms with Crippen LogP contribution >= 0.6 is 0 Å². The lowest BCUT2D eigenvalue weighted by Crippen LogP contribution is -2.48. The molecule has 0 bridgehead atoms. The fourth-order valence-corrected chi connectivity index (χ4v) is 2.26. The summed E-state index contributed by atoms with van der Waals surface area (Å²) >= 11 is 0. The van der Waals surface area contributed by atoms with Gasteiger partial charge in [-0.05, 0) is 13.0 Å². The molecule has 1 aliphatic rings. The summed E-state index contributed by atoms with van der Waals surface area (Å²) in [7, 11) is 0. The van der Waals surface area contributed by atoms with Crippen LogP contribution in [0.4, 0.5) is 5.82 Å². The molecule has 2 N–H and O–H groups in total. The number of amides is 1. The number of carbonyl (C=O) groups is 1. The van der Waals surface area contributed by atoms with E-state index in [1.807, 2.05) is 24.0 Å². The molecule has 5 nitrogen and oxygen atoms in total. The Labute approximate surface area is 108 Å². The Hall–Kier alpha value is -1.62. The molecule has 0 saturated carbocycles. The van der Waals surface area contributed by atoms with Gasteiger partial charge in [-0.15, -0.1) is 0 Å². The van der Waals surface area contributed by atoms with Crippen molar-refractivity contribution in [2.24, 2.45) is 5.73 Å². The van der Waals surface area contributed by atoms with Gasteiger partial charge in [0.05, 0.1) is 0 Å². The number of pyridine rings is 1. The topological polar surface area (TPSA) is 62.5 Å². The van der Waals surface area contributed by atoms with Crippen LogP contribution in [0.3, 0.4) is 0 Å². The van der Waals surface area contributed by atoms with Crippen molar-refractivity contribution in [3.05, 3.63) is 23.9 Å². The number of nitrogens with zero attached hydrogens (tertiary/aromatic N) is 3. The first-order valence-corrected chi connectivity index (χ1v) is 6.30. The van der Waals surface area contributed by atoms with Gasteiger partial charge in [-0.1, -0.05) is 6.07 Å². The van der Waals surface area contributed by atoms with E-state index in [1.54, 1.807) is 13.1 Å². The van der Waals surface area contributed by atoms with Gasteiger partial charge >= 0.3 is 0 Å². The summed E-state index contributed by atoms with van der Waals surface area (Å²) in [4.78, 5) is 19.8. The Morgan fingerprint density at radius 1 is 1.39 bits per heavy atom. The van der Waals surface area contributed by atoms with Crippen LogP contribution in [0.15, 0.2) is 18.3 Å². The van der Waals surface area contributed by atoms with Gasteiger partial charge in [-0.3, -0.25) is 4.79 Å². The number of nitrogens with two attached hydrogens (primary N) is 1. The summed E-state index contributed by atoms with van der Waals surface area (Å²) in [5.41, 5.74) is 7.03. The molecule has 1 aromatic rings. The lowest BCUT2D eigenvalue weighted by Gasteiger charge is -2.36. The zero-order chi connectivity index (χ0) is 13.1. The second-order valence-corrected chi connectivity index (χ2v) is 4.70. The van der Waals surface area contributed by atoms with Gasteiger partial charge in [0, 0.05) is 50.9 Å². The molecule has 1 amide bonds. The molecule has 1 atom stereocenters. The summed E-state index contributed by atoms with van der Waals surface area (Å²) in [6, 6.07) is 3.90. The average Bonchev–Trinajstić information content (AvgIpc) is 2.39. The maximum atomic E-state index is 11.3. The molecular formula is C13H20N4O. The predicted octanol–water partition coefficient (Wildman–Crippen LogP) is 0.770. The number of rotatable bonds is 2. The number of hydrogen-bond donors (Lipinski definition) is 1. The Balaban J connectivity index is 2.12. The number of anilines is 1. The molecule has 0 aromatic carbocycles. The summed E-state index contributed by atoms with van der Waals surface area (Å²) < 4.78 is 0. The van der Waals surface area contributed by atoms with E-state index in [2.05, 4.69) is 9.88 Å². The molecule has 0 aliphatic carbocycles. The van der Waals surface area contributed by atoms with E-state index in [0.29, 0.717) is 0 Å². The van der Waals surface area contributed by atoms with Crippen LogP contribution in [0, 0.1) is 0 Å². The van der Waals surface area contributed by atoms with Crippen molar-refractivity contribution in [3.63, 3.8) is 0 Å². The minimum Gasteiger partial charge on any atom is -0.353 e. The molecule has 2 rings (SSSR count). The Bertz CT molecular complexity index is 425. The molecule has 2 heterocycles. The minimum absolute atomic E-state index is 0.0282. The molecule has 1 saturated heterocycles. The predicted molar refractivity (Wildman–Crippen MR) is 71.3 cm³/mol. The minimum atomic E-state index is -0.0282. The third kappa shape index (κ3) is 2.61.